The van der Waals surface area contributed by atoms with E-state index < -0.39 is 0 Å². The lowest BCUT2D eigenvalue weighted by Gasteiger charge is -2.09. The van der Waals surface area contributed by atoms with E-state index in [0.29, 0.717) is 12.2 Å². The molecule has 0 aromatic heterocycles. The van der Waals surface area contributed by atoms with E-state index >= 15 is 0 Å². The molecule has 2 aromatic rings. The Labute approximate surface area is 101 Å². The number of anilines is 1. The van der Waals surface area contributed by atoms with Crippen LogP contribution in [0.15, 0.2) is 42.5 Å². The Kier molecular flexibility index (Phi) is 3.43. The number of rotatable bonds is 3. The summed E-state index contributed by atoms with van der Waals surface area (Å²) in [5.41, 5.74) is 3.99. The van der Waals surface area contributed by atoms with E-state index in [1.807, 2.05) is 25.1 Å². The van der Waals surface area contributed by atoms with Gasteiger partial charge in [0, 0.05) is 6.54 Å². The van der Waals surface area contributed by atoms with E-state index in [0.717, 1.165) is 11.1 Å². The highest BCUT2D eigenvalue weighted by molar-refractivity contribution is 5.47. The molecule has 0 aliphatic carbocycles. The second-order valence-corrected chi connectivity index (χ2v) is 4.33. The Bertz CT molecular complexity index is 520. The molecule has 0 spiro atoms. The van der Waals surface area contributed by atoms with Crippen molar-refractivity contribution >= 4 is 5.69 Å². The lowest BCUT2D eigenvalue weighted by atomic mass is 10.1. The zero-order chi connectivity index (χ0) is 12.3. The van der Waals surface area contributed by atoms with Crippen LogP contribution >= 0.6 is 0 Å². The molecule has 0 fully saturated rings. The average molecular weight is 229 g/mol. The number of nitrogens with one attached hydrogen (secondary N) is 1. The molecule has 17 heavy (non-hydrogen) atoms. The van der Waals surface area contributed by atoms with Crippen LogP contribution in [-0.2, 0) is 6.54 Å². The molecule has 0 heterocycles. The minimum Gasteiger partial charge on any atom is -0.379 e. The van der Waals surface area contributed by atoms with Crippen molar-refractivity contribution in [3.8, 4) is 0 Å². The molecule has 88 valence electrons. The summed E-state index contributed by atoms with van der Waals surface area (Å²) in [7, 11) is 0. The topological polar surface area (TPSA) is 12.0 Å². The Morgan fingerprint density at radius 3 is 2.53 bits per heavy atom. The third-order valence-electron chi connectivity index (χ3n) is 2.69. The van der Waals surface area contributed by atoms with Gasteiger partial charge in [0.1, 0.15) is 5.82 Å². The summed E-state index contributed by atoms with van der Waals surface area (Å²) in [6.07, 6.45) is 0. The first-order valence-electron chi connectivity index (χ1n) is 5.71. The van der Waals surface area contributed by atoms with Crippen molar-refractivity contribution < 1.29 is 4.39 Å². The smallest absolute Gasteiger partial charge is 0.146 e. The van der Waals surface area contributed by atoms with Gasteiger partial charge in [-0.25, -0.2) is 4.39 Å². The normalized spacial score (nSPS) is 10.3. The fourth-order valence-corrected chi connectivity index (χ4v) is 1.79. The third kappa shape index (κ3) is 3.06. The maximum Gasteiger partial charge on any atom is 0.146 e. The highest BCUT2D eigenvalue weighted by Crippen LogP contribution is 2.16. The number of benzene rings is 2. The van der Waals surface area contributed by atoms with Gasteiger partial charge >= 0.3 is 0 Å². The molecule has 0 saturated carbocycles. The van der Waals surface area contributed by atoms with E-state index in [4.69, 9.17) is 0 Å². The van der Waals surface area contributed by atoms with Gasteiger partial charge in [0.2, 0.25) is 0 Å². The molecule has 0 bridgehead atoms. The number of halogens is 1. The van der Waals surface area contributed by atoms with Crippen molar-refractivity contribution in [3.05, 3.63) is 65.0 Å². The molecule has 0 saturated heterocycles. The highest BCUT2D eigenvalue weighted by atomic mass is 19.1. The standard InChI is InChI=1S/C15H16FN/c1-11-4-3-5-13(8-11)10-17-15-9-12(2)6-7-14(15)16/h3-9,17H,10H2,1-2H3. The summed E-state index contributed by atoms with van der Waals surface area (Å²) < 4.78 is 13.5. The predicted octanol–water partition coefficient (Wildman–Crippen LogP) is 4.05. The molecule has 2 heteroatoms. The van der Waals surface area contributed by atoms with Crippen molar-refractivity contribution in [1.29, 1.82) is 0 Å². The highest BCUT2D eigenvalue weighted by Gasteiger charge is 2.01. The fourth-order valence-electron chi connectivity index (χ4n) is 1.79. The van der Waals surface area contributed by atoms with Gasteiger partial charge in [0.15, 0.2) is 0 Å². The van der Waals surface area contributed by atoms with Gasteiger partial charge in [0.25, 0.3) is 0 Å². The number of hydrogen-bond donors (Lipinski definition) is 1. The fraction of sp³-hybridized carbons (Fsp3) is 0.200. The summed E-state index contributed by atoms with van der Waals surface area (Å²) in [5, 5.41) is 3.12. The molecule has 1 N–H and O–H groups in total. The van der Waals surface area contributed by atoms with Gasteiger partial charge in [-0.05, 0) is 37.1 Å². The third-order valence-corrected chi connectivity index (χ3v) is 2.69. The monoisotopic (exact) mass is 229 g/mol. The SMILES string of the molecule is Cc1cccc(CNc2cc(C)ccc2F)c1. The van der Waals surface area contributed by atoms with Crippen molar-refractivity contribution in [2.75, 3.05) is 5.32 Å². The van der Waals surface area contributed by atoms with Crippen molar-refractivity contribution in [3.63, 3.8) is 0 Å². The van der Waals surface area contributed by atoms with Crippen LogP contribution in [-0.4, -0.2) is 0 Å². The minimum atomic E-state index is -0.205. The number of aryl methyl sites for hydroxylation is 2. The molecular weight excluding hydrogens is 213 g/mol. The summed E-state index contributed by atoms with van der Waals surface area (Å²) in [4.78, 5) is 0. The van der Waals surface area contributed by atoms with Gasteiger partial charge in [-0.1, -0.05) is 35.9 Å². The zero-order valence-corrected chi connectivity index (χ0v) is 10.1. The lowest BCUT2D eigenvalue weighted by Crippen LogP contribution is -2.01. The average Bonchev–Trinajstić information content (AvgIpc) is 2.30. The Morgan fingerprint density at radius 2 is 1.76 bits per heavy atom. The van der Waals surface area contributed by atoms with E-state index in [9.17, 15) is 4.39 Å². The summed E-state index contributed by atoms with van der Waals surface area (Å²) in [5.74, 6) is -0.205. The van der Waals surface area contributed by atoms with Gasteiger partial charge in [-0.2, -0.15) is 0 Å². The van der Waals surface area contributed by atoms with Crippen LogP contribution in [0.3, 0.4) is 0 Å². The van der Waals surface area contributed by atoms with Crippen LogP contribution in [0.4, 0.5) is 10.1 Å². The lowest BCUT2D eigenvalue weighted by molar-refractivity contribution is 0.629. The summed E-state index contributed by atoms with van der Waals surface area (Å²) in [6.45, 7) is 4.65. The maximum atomic E-state index is 13.5. The molecular formula is C15H16FN. The molecule has 0 radical (unpaired) electrons. The second kappa shape index (κ2) is 5.00. The maximum absolute atomic E-state index is 13.5. The molecule has 0 amide bonds. The summed E-state index contributed by atoms with van der Waals surface area (Å²) >= 11 is 0. The summed E-state index contributed by atoms with van der Waals surface area (Å²) in [6, 6.07) is 13.3. The molecule has 2 rings (SSSR count). The zero-order valence-electron chi connectivity index (χ0n) is 10.1. The molecule has 2 aromatic carbocycles. The van der Waals surface area contributed by atoms with Gasteiger partial charge in [-0.15, -0.1) is 0 Å². The van der Waals surface area contributed by atoms with Crippen LogP contribution in [0.2, 0.25) is 0 Å². The van der Waals surface area contributed by atoms with Crippen LogP contribution < -0.4 is 5.32 Å². The van der Waals surface area contributed by atoms with Crippen LogP contribution in [0.5, 0.6) is 0 Å². The molecule has 0 aliphatic heterocycles. The van der Waals surface area contributed by atoms with Gasteiger partial charge in [0.05, 0.1) is 5.69 Å². The van der Waals surface area contributed by atoms with E-state index in [1.54, 1.807) is 6.07 Å². The van der Waals surface area contributed by atoms with E-state index in [-0.39, 0.29) is 5.82 Å². The first-order valence-corrected chi connectivity index (χ1v) is 5.71. The number of hydrogen-bond acceptors (Lipinski definition) is 1. The second-order valence-electron chi connectivity index (χ2n) is 4.33. The van der Waals surface area contributed by atoms with Crippen molar-refractivity contribution in [1.82, 2.24) is 0 Å². The first-order chi connectivity index (χ1) is 8.15. The van der Waals surface area contributed by atoms with Crippen molar-refractivity contribution in [2.24, 2.45) is 0 Å². The predicted molar refractivity (Wildman–Crippen MR) is 69.6 cm³/mol. The largest absolute Gasteiger partial charge is 0.379 e. The molecule has 1 nitrogen and oxygen atoms in total. The first kappa shape index (κ1) is 11.6. The minimum absolute atomic E-state index is 0.205. The Balaban J connectivity index is 2.09. The van der Waals surface area contributed by atoms with Crippen LogP contribution in [0.1, 0.15) is 16.7 Å². The Hall–Kier alpha value is -1.83. The van der Waals surface area contributed by atoms with E-state index in [1.165, 1.54) is 11.6 Å². The van der Waals surface area contributed by atoms with Crippen LogP contribution in [0.25, 0.3) is 0 Å². The van der Waals surface area contributed by atoms with Gasteiger partial charge in [-0.3, -0.25) is 0 Å². The van der Waals surface area contributed by atoms with Crippen molar-refractivity contribution in [2.45, 2.75) is 20.4 Å². The quantitative estimate of drug-likeness (QED) is 0.837. The van der Waals surface area contributed by atoms with Crippen LogP contribution in [0, 0.1) is 19.7 Å². The molecule has 0 aliphatic rings. The van der Waals surface area contributed by atoms with Gasteiger partial charge < -0.3 is 5.32 Å². The Morgan fingerprint density at radius 1 is 1.00 bits per heavy atom. The molecule has 0 atom stereocenters. The van der Waals surface area contributed by atoms with E-state index in [2.05, 4.69) is 24.4 Å². The molecule has 0 unspecified atom stereocenters.